The monoisotopic (exact) mass is 336 g/mol. The smallest absolute Gasteiger partial charge is 0.142 e. The van der Waals surface area contributed by atoms with Gasteiger partial charge in [-0.25, -0.2) is 4.98 Å². The largest absolute Gasteiger partial charge is 0.496 e. The molecule has 96 valence electrons. The van der Waals surface area contributed by atoms with Crippen molar-refractivity contribution in [3.8, 4) is 17.1 Å². The van der Waals surface area contributed by atoms with E-state index >= 15 is 0 Å². The van der Waals surface area contributed by atoms with Gasteiger partial charge in [0.05, 0.1) is 23.7 Å². The zero-order chi connectivity index (χ0) is 13.4. The van der Waals surface area contributed by atoms with Crippen molar-refractivity contribution >= 4 is 38.6 Å². The highest BCUT2D eigenvalue weighted by Crippen LogP contribution is 2.32. The normalized spacial score (nSPS) is 10.9. The lowest BCUT2D eigenvalue weighted by molar-refractivity contribution is 0.416. The van der Waals surface area contributed by atoms with Crippen LogP contribution in [0.3, 0.4) is 0 Å². The molecule has 0 spiro atoms. The molecule has 0 saturated heterocycles. The Hall–Kier alpha value is -1.52. The minimum absolute atomic E-state index is 0.638. The lowest BCUT2D eigenvalue weighted by atomic mass is 10.2. The Morgan fingerprint density at radius 2 is 2.05 bits per heavy atom. The van der Waals surface area contributed by atoms with Crippen LogP contribution in [-0.4, -0.2) is 17.1 Å². The molecule has 1 aromatic heterocycles. The van der Waals surface area contributed by atoms with E-state index < -0.39 is 0 Å². The molecule has 0 amide bonds. The average molecular weight is 338 g/mol. The second-order valence-corrected chi connectivity index (χ2v) is 5.44. The maximum absolute atomic E-state index is 5.97. The minimum atomic E-state index is 0.638. The van der Waals surface area contributed by atoms with Crippen LogP contribution in [0.25, 0.3) is 22.4 Å². The number of rotatable bonds is 2. The highest BCUT2D eigenvalue weighted by atomic mass is 79.9. The Morgan fingerprint density at radius 1 is 1.21 bits per heavy atom. The molecule has 1 heterocycles. The molecular weight excluding hydrogens is 328 g/mol. The van der Waals surface area contributed by atoms with Crippen molar-refractivity contribution in [2.24, 2.45) is 0 Å². The number of methoxy groups -OCH3 is 1. The van der Waals surface area contributed by atoms with Crippen LogP contribution in [0.1, 0.15) is 0 Å². The number of fused-ring (bicyclic) bond motifs is 1. The van der Waals surface area contributed by atoms with Crippen molar-refractivity contribution in [3.63, 3.8) is 0 Å². The summed E-state index contributed by atoms with van der Waals surface area (Å²) in [6.07, 6.45) is 0. The van der Waals surface area contributed by atoms with Gasteiger partial charge in [-0.05, 0) is 36.4 Å². The fraction of sp³-hybridized carbons (Fsp3) is 0.0714. The van der Waals surface area contributed by atoms with Crippen molar-refractivity contribution in [2.45, 2.75) is 0 Å². The minimum Gasteiger partial charge on any atom is -0.496 e. The number of nitrogens with one attached hydrogen (secondary N) is 1. The van der Waals surface area contributed by atoms with E-state index in [-0.39, 0.29) is 0 Å². The molecule has 5 heteroatoms. The average Bonchev–Trinajstić information content (AvgIpc) is 2.81. The van der Waals surface area contributed by atoms with Crippen LogP contribution in [0.5, 0.6) is 5.75 Å². The standard InChI is InChI=1S/C14H10BrClN2O/c1-19-13-7-9(16)3-4-10(13)14-17-11-5-2-8(15)6-12(11)18-14/h2-7H,1H3,(H,17,18). The molecule has 0 unspecified atom stereocenters. The van der Waals surface area contributed by atoms with Gasteiger partial charge in [0, 0.05) is 9.50 Å². The van der Waals surface area contributed by atoms with Crippen molar-refractivity contribution in [2.75, 3.05) is 7.11 Å². The number of ether oxygens (including phenoxy) is 1. The first-order valence-electron chi connectivity index (χ1n) is 5.66. The molecule has 1 N–H and O–H groups in total. The molecule has 0 radical (unpaired) electrons. The molecule has 3 nitrogen and oxygen atoms in total. The zero-order valence-corrected chi connectivity index (χ0v) is 12.4. The van der Waals surface area contributed by atoms with Crippen LogP contribution in [0, 0.1) is 0 Å². The highest BCUT2D eigenvalue weighted by Gasteiger charge is 2.11. The summed E-state index contributed by atoms with van der Waals surface area (Å²) in [7, 11) is 1.62. The molecule has 2 aromatic carbocycles. The fourth-order valence-electron chi connectivity index (χ4n) is 1.97. The highest BCUT2D eigenvalue weighted by molar-refractivity contribution is 9.10. The van der Waals surface area contributed by atoms with Crippen molar-refractivity contribution < 1.29 is 4.74 Å². The van der Waals surface area contributed by atoms with E-state index in [1.165, 1.54) is 0 Å². The van der Waals surface area contributed by atoms with Gasteiger partial charge in [0.25, 0.3) is 0 Å². The Morgan fingerprint density at radius 3 is 2.84 bits per heavy atom. The number of halogens is 2. The van der Waals surface area contributed by atoms with Gasteiger partial charge in [0.15, 0.2) is 0 Å². The Kier molecular flexibility index (Phi) is 3.21. The number of aromatic amines is 1. The van der Waals surface area contributed by atoms with Crippen LogP contribution < -0.4 is 4.74 Å². The van der Waals surface area contributed by atoms with Crippen LogP contribution in [0.4, 0.5) is 0 Å². The fourth-order valence-corrected chi connectivity index (χ4v) is 2.49. The van der Waals surface area contributed by atoms with Gasteiger partial charge in [0.1, 0.15) is 11.6 Å². The first-order valence-corrected chi connectivity index (χ1v) is 6.83. The zero-order valence-electron chi connectivity index (χ0n) is 10.1. The molecule has 0 aliphatic heterocycles. The molecule has 0 fully saturated rings. The lowest BCUT2D eigenvalue weighted by Gasteiger charge is -2.06. The Balaban J connectivity index is 2.18. The van der Waals surface area contributed by atoms with Gasteiger partial charge in [-0.3, -0.25) is 0 Å². The van der Waals surface area contributed by atoms with Crippen LogP contribution in [0.15, 0.2) is 40.9 Å². The Labute approximate surface area is 123 Å². The first-order chi connectivity index (χ1) is 9.17. The summed E-state index contributed by atoms with van der Waals surface area (Å²) >= 11 is 9.41. The number of H-pyrrole nitrogens is 1. The summed E-state index contributed by atoms with van der Waals surface area (Å²) in [5, 5.41) is 0.638. The van der Waals surface area contributed by atoms with Crippen molar-refractivity contribution in [1.82, 2.24) is 9.97 Å². The second-order valence-electron chi connectivity index (χ2n) is 4.09. The van der Waals surface area contributed by atoms with Gasteiger partial charge in [-0.2, -0.15) is 0 Å². The Bertz CT molecular complexity index is 754. The maximum Gasteiger partial charge on any atom is 0.142 e. The topological polar surface area (TPSA) is 37.9 Å². The van der Waals surface area contributed by atoms with E-state index in [4.69, 9.17) is 16.3 Å². The molecule has 3 rings (SSSR count). The number of hydrogen-bond acceptors (Lipinski definition) is 2. The van der Waals surface area contributed by atoms with Crippen LogP contribution in [0.2, 0.25) is 5.02 Å². The van der Waals surface area contributed by atoms with E-state index in [1.807, 2.05) is 30.3 Å². The van der Waals surface area contributed by atoms with Crippen molar-refractivity contribution in [3.05, 3.63) is 45.9 Å². The summed E-state index contributed by atoms with van der Waals surface area (Å²) in [5.74, 6) is 1.47. The number of hydrogen-bond donors (Lipinski definition) is 1. The summed E-state index contributed by atoms with van der Waals surface area (Å²) < 4.78 is 6.36. The predicted octanol–water partition coefficient (Wildman–Crippen LogP) is 4.65. The molecule has 19 heavy (non-hydrogen) atoms. The van der Waals surface area contributed by atoms with Gasteiger partial charge >= 0.3 is 0 Å². The molecule has 0 atom stereocenters. The van der Waals surface area contributed by atoms with E-state index in [0.29, 0.717) is 10.8 Å². The van der Waals surface area contributed by atoms with Crippen LogP contribution >= 0.6 is 27.5 Å². The van der Waals surface area contributed by atoms with Crippen molar-refractivity contribution in [1.29, 1.82) is 0 Å². The third-order valence-electron chi connectivity index (χ3n) is 2.86. The summed E-state index contributed by atoms with van der Waals surface area (Å²) in [6.45, 7) is 0. The molecule has 0 aliphatic carbocycles. The third-order valence-corrected chi connectivity index (χ3v) is 3.59. The number of nitrogens with zero attached hydrogens (tertiary/aromatic N) is 1. The van der Waals surface area contributed by atoms with Gasteiger partial charge < -0.3 is 9.72 Å². The first kappa shape index (κ1) is 12.5. The quantitative estimate of drug-likeness (QED) is 0.739. The SMILES string of the molecule is COc1cc(Cl)ccc1-c1nc2ccc(Br)cc2[nH]1. The summed E-state index contributed by atoms with van der Waals surface area (Å²) in [5.41, 5.74) is 2.77. The van der Waals surface area contributed by atoms with Crippen LogP contribution in [-0.2, 0) is 0 Å². The van der Waals surface area contributed by atoms with Gasteiger partial charge in [0.2, 0.25) is 0 Å². The third kappa shape index (κ3) is 2.33. The number of imidazole rings is 1. The van der Waals surface area contributed by atoms with E-state index in [2.05, 4.69) is 25.9 Å². The lowest BCUT2D eigenvalue weighted by Crippen LogP contribution is -1.89. The molecule has 0 bridgehead atoms. The molecular formula is C14H10BrClN2O. The predicted molar refractivity (Wildman–Crippen MR) is 80.8 cm³/mol. The molecule has 0 aliphatic rings. The second kappa shape index (κ2) is 4.87. The van der Waals surface area contributed by atoms with Gasteiger partial charge in [-0.1, -0.05) is 27.5 Å². The van der Waals surface area contributed by atoms with E-state index in [0.717, 1.165) is 26.9 Å². The summed E-state index contributed by atoms with van der Waals surface area (Å²) in [6, 6.07) is 11.4. The molecule has 3 aromatic rings. The van der Waals surface area contributed by atoms with Gasteiger partial charge in [-0.15, -0.1) is 0 Å². The van der Waals surface area contributed by atoms with E-state index in [1.54, 1.807) is 13.2 Å². The number of aromatic nitrogens is 2. The maximum atomic E-state index is 5.97. The molecule has 0 saturated carbocycles. The summed E-state index contributed by atoms with van der Waals surface area (Å²) in [4.78, 5) is 7.85. The van der Waals surface area contributed by atoms with E-state index in [9.17, 15) is 0 Å². The number of benzene rings is 2.